The number of anilines is 3. The second kappa shape index (κ2) is 9.85. The van der Waals surface area contributed by atoms with Crippen molar-refractivity contribution in [3.8, 4) is 11.5 Å². The molecule has 2 aromatic heterocycles. The first kappa shape index (κ1) is 24.2. The number of fused-ring (bicyclic) bond motifs is 1. The number of alkyl halides is 3. The maximum atomic E-state index is 13.3. The van der Waals surface area contributed by atoms with Gasteiger partial charge in [0.1, 0.15) is 11.3 Å². The largest absolute Gasteiger partial charge is 0.455 e. The molecule has 3 heterocycles. The Morgan fingerprint density at radius 3 is 2.65 bits per heavy atom. The van der Waals surface area contributed by atoms with E-state index in [4.69, 9.17) is 9.47 Å². The summed E-state index contributed by atoms with van der Waals surface area (Å²) in [6.45, 7) is 1.82. The average molecular weight is 514 g/mol. The summed E-state index contributed by atoms with van der Waals surface area (Å²) in [5, 5.41) is 5.15. The number of carbonyl (C=O) groups excluding carboxylic acids is 1. The molecule has 13 heteroatoms. The van der Waals surface area contributed by atoms with Crippen LogP contribution in [0.3, 0.4) is 0 Å². The Balaban J connectivity index is 1.34. The van der Waals surface area contributed by atoms with Crippen molar-refractivity contribution < 1.29 is 27.4 Å². The van der Waals surface area contributed by atoms with Crippen LogP contribution in [0.2, 0.25) is 0 Å². The third-order valence-electron chi connectivity index (χ3n) is 5.63. The number of amides is 2. The van der Waals surface area contributed by atoms with Crippen molar-refractivity contribution in [1.82, 2.24) is 15.0 Å². The lowest BCUT2D eigenvalue weighted by Gasteiger charge is -2.31. The van der Waals surface area contributed by atoms with Crippen LogP contribution in [-0.4, -0.2) is 47.3 Å². The summed E-state index contributed by atoms with van der Waals surface area (Å²) in [4.78, 5) is 35.4. The Kier molecular flexibility index (Phi) is 6.44. The van der Waals surface area contributed by atoms with Crippen LogP contribution in [-0.2, 0) is 10.9 Å². The van der Waals surface area contributed by atoms with Gasteiger partial charge in [-0.05, 0) is 30.3 Å². The molecule has 0 atom stereocenters. The van der Waals surface area contributed by atoms with Gasteiger partial charge in [-0.15, -0.1) is 0 Å². The average Bonchev–Trinajstić information content (AvgIpc) is 3.25. The molecule has 0 saturated carbocycles. The van der Waals surface area contributed by atoms with Gasteiger partial charge in [0.2, 0.25) is 0 Å². The number of nitrogens with one attached hydrogen (secondary N) is 4. The van der Waals surface area contributed by atoms with Gasteiger partial charge in [-0.2, -0.15) is 13.2 Å². The highest BCUT2D eigenvalue weighted by molar-refractivity contribution is 6.02. The van der Waals surface area contributed by atoms with Gasteiger partial charge in [-0.3, -0.25) is 4.98 Å². The highest BCUT2D eigenvalue weighted by atomic mass is 19.4. The van der Waals surface area contributed by atoms with E-state index in [0.717, 1.165) is 12.1 Å². The van der Waals surface area contributed by atoms with Crippen molar-refractivity contribution >= 4 is 34.3 Å². The molecule has 0 aliphatic carbocycles. The lowest BCUT2D eigenvalue weighted by atomic mass is 10.1. The molecule has 5 rings (SSSR count). The third kappa shape index (κ3) is 5.51. The van der Waals surface area contributed by atoms with Crippen LogP contribution in [0.25, 0.3) is 11.2 Å². The Hall–Kier alpha value is -4.52. The molecule has 2 amide bonds. The topological polar surface area (TPSA) is 124 Å². The van der Waals surface area contributed by atoms with Crippen LogP contribution in [0.5, 0.6) is 11.5 Å². The third-order valence-corrected chi connectivity index (χ3v) is 5.63. The van der Waals surface area contributed by atoms with E-state index in [2.05, 4.69) is 25.6 Å². The lowest BCUT2D eigenvalue weighted by Crippen LogP contribution is -2.37. The molecule has 2 aromatic carbocycles. The van der Waals surface area contributed by atoms with Crippen molar-refractivity contribution in [3.05, 3.63) is 70.8 Å². The van der Waals surface area contributed by atoms with E-state index >= 15 is 0 Å². The van der Waals surface area contributed by atoms with Gasteiger partial charge < -0.3 is 30.0 Å². The van der Waals surface area contributed by atoms with E-state index < -0.39 is 23.5 Å². The minimum atomic E-state index is -4.57. The molecule has 1 aliphatic rings. The molecule has 0 bridgehead atoms. The van der Waals surface area contributed by atoms with Crippen LogP contribution in [0, 0.1) is 0 Å². The molecule has 37 heavy (non-hydrogen) atoms. The zero-order chi connectivity index (χ0) is 26.0. The van der Waals surface area contributed by atoms with Crippen LogP contribution >= 0.6 is 0 Å². The summed E-state index contributed by atoms with van der Waals surface area (Å²) in [7, 11) is 0. The number of hydrogen-bond donors (Lipinski definition) is 4. The first-order chi connectivity index (χ1) is 17.8. The molecule has 1 aliphatic heterocycles. The zero-order valence-electron chi connectivity index (χ0n) is 19.2. The van der Waals surface area contributed by atoms with Crippen LogP contribution in [0.4, 0.5) is 35.0 Å². The molecule has 0 spiro atoms. The minimum absolute atomic E-state index is 0.0252. The van der Waals surface area contributed by atoms with Crippen molar-refractivity contribution in [2.75, 3.05) is 41.8 Å². The highest BCUT2D eigenvalue weighted by Crippen LogP contribution is 2.36. The molecule has 4 N–H and O–H groups in total. The monoisotopic (exact) mass is 514 g/mol. The number of hydrogen-bond acceptors (Lipinski definition) is 6. The summed E-state index contributed by atoms with van der Waals surface area (Å²) < 4.78 is 51.2. The fourth-order valence-electron chi connectivity index (χ4n) is 3.94. The van der Waals surface area contributed by atoms with Crippen molar-refractivity contribution in [3.63, 3.8) is 0 Å². The Morgan fingerprint density at radius 2 is 1.86 bits per heavy atom. The molecular weight excluding hydrogens is 493 g/mol. The number of halogens is 3. The standard InChI is InChI=1S/C24H21F3N6O4/c25-24(26,27)14-4-5-18(33-8-10-36-11-9-33)17(12-14)30-22(34)29-15-2-1-3-16(13-15)37-19-6-7-28-21-20(19)31-23(35)32-21/h1-7,12-13H,8-11H2,(H2,29,30,34)(H2,28,31,32,35). The van der Waals surface area contributed by atoms with Crippen molar-refractivity contribution in [2.45, 2.75) is 6.18 Å². The smallest absolute Gasteiger partial charge is 0.416 e. The van der Waals surface area contributed by atoms with Crippen molar-refractivity contribution in [2.24, 2.45) is 0 Å². The Labute approximate surface area is 207 Å². The molecule has 10 nitrogen and oxygen atoms in total. The van der Waals surface area contributed by atoms with Crippen molar-refractivity contribution in [1.29, 1.82) is 0 Å². The van der Waals surface area contributed by atoms with E-state index in [0.29, 0.717) is 60.3 Å². The molecule has 0 unspecified atom stereocenters. The summed E-state index contributed by atoms with van der Waals surface area (Å²) in [6.07, 6.45) is -3.09. The van der Waals surface area contributed by atoms with E-state index in [9.17, 15) is 22.8 Å². The quantitative estimate of drug-likeness (QED) is 0.310. The number of imidazole rings is 1. The van der Waals surface area contributed by atoms with Gasteiger partial charge in [0.25, 0.3) is 0 Å². The van der Waals surface area contributed by atoms with E-state index in [1.54, 1.807) is 24.3 Å². The first-order valence-electron chi connectivity index (χ1n) is 11.2. The van der Waals surface area contributed by atoms with Gasteiger partial charge in [-0.1, -0.05) is 6.07 Å². The van der Waals surface area contributed by atoms with E-state index in [1.165, 1.54) is 18.3 Å². The summed E-state index contributed by atoms with van der Waals surface area (Å²) in [5.74, 6) is 0.685. The fourth-order valence-corrected chi connectivity index (χ4v) is 3.94. The predicted octanol–water partition coefficient (Wildman–Crippen LogP) is 4.54. The number of carbonyl (C=O) groups is 1. The van der Waals surface area contributed by atoms with Crippen LogP contribution < -0.4 is 26.0 Å². The van der Waals surface area contributed by atoms with E-state index in [-0.39, 0.29) is 5.69 Å². The highest BCUT2D eigenvalue weighted by Gasteiger charge is 2.32. The normalized spacial score (nSPS) is 14.0. The maximum Gasteiger partial charge on any atom is 0.416 e. The zero-order valence-corrected chi connectivity index (χ0v) is 19.2. The summed E-state index contributed by atoms with van der Waals surface area (Å²) in [6, 6.07) is 10.5. The molecule has 192 valence electrons. The summed E-state index contributed by atoms with van der Waals surface area (Å²) >= 11 is 0. The second-order valence-corrected chi connectivity index (χ2v) is 8.15. The number of pyridine rings is 1. The molecule has 4 aromatic rings. The Bertz CT molecular complexity index is 1490. The van der Waals surface area contributed by atoms with Gasteiger partial charge in [0.15, 0.2) is 11.4 Å². The number of nitrogens with zero attached hydrogens (tertiary/aromatic N) is 2. The van der Waals surface area contributed by atoms with Gasteiger partial charge in [-0.25, -0.2) is 14.6 Å². The molecule has 1 fully saturated rings. The molecular formula is C24H21F3N6O4. The lowest BCUT2D eigenvalue weighted by molar-refractivity contribution is -0.137. The second-order valence-electron chi connectivity index (χ2n) is 8.15. The Morgan fingerprint density at radius 1 is 1.05 bits per heavy atom. The predicted molar refractivity (Wildman–Crippen MR) is 130 cm³/mol. The number of ether oxygens (including phenoxy) is 2. The number of aromatic amines is 2. The van der Waals surface area contributed by atoms with E-state index in [1.807, 2.05) is 4.90 Å². The fraction of sp³-hybridized carbons (Fsp3) is 0.208. The molecule has 1 saturated heterocycles. The van der Waals surface area contributed by atoms with Crippen LogP contribution in [0.1, 0.15) is 5.56 Å². The summed E-state index contributed by atoms with van der Waals surface area (Å²) in [5.41, 5.74) is 0.223. The number of urea groups is 1. The number of rotatable bonds is 5. The number of morpholine rings is 1. The first-order valence-corrected chi connectivity index (χ1v) is 11.2. The van der Waals surface area contributed by atoms with Gasteiger partial charge in [0.05, 0.1) is 30.2 Å². The number of benzene rings is 2. The minimum Gasteiger partial charge on any atom is -0.455 e. The van der Waals surface area contributed by atoms with Crippen LogP contribution in [0.15, 0.2) is 59.5 Å². The van der Waals surface area contributed by atoms with Gasteiger partial charge in [0, 0.05) is 37.1 Å². The SMILES string of the molecule is O=C(Nc1cccc(Oc2ccnc3[nH]c(=O)[nH]c23)c1)Nc1cc(C(F)(F)F)ccc1N1CCOCC1. The maximum absolute atomic E-state index is 13.3. The van der Waals surface area contributed by atoms with Gasteiger partial charge >= 0.3 is 17.9 Å². The number of aromatic nitrogens is 3. The molecule has 0 radical (unpaired) electrons. The number of H-pyrrole nitrogens is 2.